The molecule has 6 rings (SSSR count). The summed E-state index contributed by atoms with van der Waals surface area (Å²) in [5.41, 5.74) is 3.03. The Morgan fingerprint density at radius 2 is 1.54 bits per heavy atom. The average molecular weight is 510 g/mol. The summed E-state index contributed by atoms with van der Waals surface area (Å²) in [4.78, 5) is 25.6. The zero-order chi connectivity index (χ0) is 25.4. The summed E-state index contributed by atoms with van der Waals surface area (Å²) < 4.78 is 18.1. The highest BCUT2D eigenvalue weighted by Gasteiger charge is 2.37. The summed E-state index contributed by atoms with van der Waals surface area (Å²) in [6, 6.07) is 24.7. The number of rotatable bonds is 6. The molecule has 184 valence electrons. The molecule has 37 heavy (non-hydrogen) atoms. The van der Waals surface area contributed by atoms with Crippen LogP contribution in [0.5, 0.6) is 23.0 Å². The molecule has 0 saturated carbocycles. The Morgan fingerprint density at radius 1 is 0.892 bits per heavy atom. The summed E-state index contributed by atoms with van der Waals surface area (Å²) >= 11 is 1.39. The normalized spacial score (nSPS) is 12.4. The van der Waals surface area contributed by atoms with Gasteiger partial charge in [-0.25, -0.2) is 4.98 Å². The summed E-state index contributed by atoms with van der Waals surface area (Å²) in [6.45, 7) is 0.256. The maximum Gasteiger partial charge on any atom is 0.241 e. The number of amides is 1. The number of methoxy groups -OCH3 is 2. The van der Waals surface area contributed by atoms with Crippen LogP contribution in [0, 0.1) is 0 Å². The van der Waals surface area contributed by atoms with Gasteiger partial charge in [-0.15, -0.1) is 0 Å². The molecule has 0 fully saturated rings. The largest absolute Gasteiger partial charge is 0.495 e. The van der Waals surface area contributed by atoms with Gasteiger partial charge in [0, 0.05) is 17.3 Å². The van der Waals surface area contributed by atoms with Crippen molar-refractivity contribution in [3.8, 4) is 23.0 Å². The van der Waals surface area contributed by atoms with Crippen LogP contribution in [0.2, 0.25) is 0 Å². The first kappa shape index (κ1) is 23.0. The van der Waals surface area contributed by atoms with E-state index in [1.807, 2.05) is 78.9 Å². The molecule has 0 radical (unpaired) electrons. The molecule has 3 aromatic carbocycles. The topological polar surface area (TPSA) is 73.8 Å². The van der Waals surface area contributed by atoms with Crippen LogP contribution in [0.4, 0.5) is 5.13 Å². The highest BCUT2D eigenvalue weighted by Crippen LogP contribution is 2.46. The molecule has 7 nitrogen and oxygen atoms in total. The first-order valence-electron chi connectivity index (χ1n) is 11.8. The minimum atomic E-state index is -0.569. The molecule has 1 amide bonds. The number of hydrogen-bond donors (Lipinski definition) is 0. The van der Waals surface area contributed by atoms with Gasteiger partial charge >= 0.3 is 0 Å². The number of nitrogens with zero attached hydrogens (tertiary/aromatic N) is 3. The minimum Gasteiger partial charge on any atom is -0.495 e. The van der Waals surface area contributed by atoms with Gasteiger partial charge in [0.05, 0.1) is 32.4 Å². The lowest BCUT2D eigenvalue weighted by atomic mass is 9.87. The zero-order valence-corrected chi connectivity index (χ0v) is 21.1. The van der Waals surface area contributed by atoms with Crippen LogP contribution in [0.15, 0.2) is 85.1 Å². The fraction of sp³-hybridized carbons (Fsp3) is 0.138. The van der Waals surface area contributed by atoms with Gasteiger partial charge in [-0.3, -0.25) is 14.7 Å². The Balaban J connectivity index is 1.52. The predicted octanol–water partition coefficient (Wildman–Crippen LogP) is 6.18. The number of hydrogen-bond acceptors (Lipinski definition) is 7. The zero-order valence-electron chi connectivity index (χ0n) is 20.3. The van der Waals surface area contributed by atoms with Gasteiger partial charge in [0.2, 0.25) is 5.91 Å². The second-order valence-corrected chi connectivity index (χ2v) is 9.48. The number of ether oxygens (including phenoxy) is 3. The summed E-state index contributed by atoms with van der Waals surface area (Å²) in [5, 5.41) is 0.537. The maximum absolute atomic E-state index is 14.6. The van der Waals surface area contributed by atoms with Crippen molar-refractivity contribution in [3.05, 3.63) is 102 Å². The van der Waals surface area contributed by atoms with Crippen molar-refractivity contribution in [2.45, 2.75) is 12.5 Å². The van der Waals surface area contributed by atoms with E-state index in [-0.39, 0.29) is 12.5 Å². The van der Waals surface area contributed by atoms with E-state index < -0.39 is 5.92 Å². The molecule has 1 aliphatic heterocycles. The van der Waals surface area contributed by atoms with E-state index in [9.17, 15) is 4.79 Å². The van der Waals surface area contributed by atoms with Crippen molar-refractivity contribution in [1.29, 1.82) is 0 Å². The number of fused-ring (bicyclic) bond motifs is 3. The van der Waals surface area contributed by atoms with Crippen molar-refractivity contribution >= 4 is 32.6 Å². The molecule has 0 bridgehead atoms. The number of carbonyl (C=O) groups is 1. The van der Waals surface area contributed by atoms with Crippen LogP contribution in [-0.4, -0.2) is 30.1 Å². The Morgan fingerprint density at radius 3 is 2.19 bits per heavy atom. The van der Waals surface area contributed by atoms with Crippen molar-refractivity contribution in [3.63, 3.8) is 0 Å². The highest BCUT2D eigenvalue weighted by atomic mass is 32.1. The van der Waals surface area contributed by atoms with E-state index in [0.717, 1.165) is 21.5 Å². The molecule has 0 atom stereocenters. The van der Waals surface area contributed by atoms with Gasteiger partial charge in [-0.05, 0) is 36.4 Å². The predicted molar refractivity (Wildman–Crippen MR) is 143 cm³/mol. The highest BCUT2D eigenvalue weighted by molar-refractivity contribution is 7.22. The standard InChI is InChI=1S/C29H23N3O4S/c1-34-23-14-15-24(35-2)27-26(23)31-29(37-27)32(17-18-9-7-8-16-30-18)28(33)25-19-10-3-5-12-21(19)36-22-13-6-4-11-20(22)25/h3-16,25H,17H2,1-2H3. The van der Waals surface area contributed by atoms with E-state index in [0.29, 0.717) is 33.6 Å². The van der Waals surface area contributed by atoms with Crippen molar-refractivity contribution < 1.29 is 19.0 Å². The van der Waals surface area contributed by atoms with E-state index in [2.05, 4.69) is 4.98 Å². The van der Waals surface area contributed by atoms with Gasteiger partial charge < -0.3 is 14.2 Å². The number of benzene rings is 3. The van der Waals surface area contributed by atoms with Crippen LogP contribution in [0.1, 0.15) is 22.7 Å². The molecular formula is C29H23N3O4S. The van der Waals surface area contributed by atoms with E-state index in [1.54, 1.807) is 25.3 Å². The third-order valence-corrected chi connectivity index (χ3v) is 7.46. The summed E-state index contributed by atoms with van der Waals surface area (Å²) in [6.07, 6.45) is 1.72. The smallest absolute Gasteiger partial charge is 0.241 e. The van der Waals surface area contributed by atoms with Crippen LogP contribution in [-0.2, 0) is 11.3 Å². The van der Waals surface area contributed by atoms with E-state index >= 15 is 0 Å². The Kier molecular flexibility index (Phi) is 5.94. The average Bonchev–Trinajstić information content (AvgIpc) is 3.39. The fourth-order valence-corrected chi connectivity index (χ4v) is 5.69. The van der Waals surface area contributed by atoms with Gasteiger partial charge in [-0.1, -0.05) is 53.8 Å². The molecule has 0 unspecified atom stereocenters. The summed E-state index contributed by atoms with van der Waals surface area (Å²) in [7, 11) is 3.22. The van der Waals surface area contributed by atoms with Crippen molar-refractivity contribution in [2.75, 3.05) is 19.1 Å². The molecule has 3 heterocycles. The quantitative estimate of drug-likeness (QED) is 0.272. The summed E-state index contributed by atoms with van der Waals surface area (Å²) in [5.74, 6) is 1.94. The molecule has 2 aromatic heterocycles. The lowest BCUT2D eigenvalue weighted by Crippen LogP contribution is -2.36. The molecule has 0 saturated heterocycles. The monoisotopic (exact) mass is 509 g/mol. The van der Waals surface area contributed by atoms with Crippen LogP contribution in [0.25, 0.3) is 10.2 Å². The molecule has 0 spiro atoms. The number of para-hydroxylation sites is 2. The molecule has 0 N–H and O–H groups in total. The second-order valence-electron chi connectivity index (χ2n) is 8.50. The lowest BCUT2D eigenvalue weighted by molar-refractivity contribution is -0.119. The van der Waals surface area contributed by atoms with Gasteiger partial charge in [0.1, 0.15) is 33.2 Å². The van der Waals surface area contributed by atoms with Gasteiger partial charge in [0.25, 0.3) is 0 Å². The fourth-order valence-electron chi connectivity index (χ4n) is 4.62. The van der Waals surface area contributed by atoms with E-state index in [4.69, 9.17) is 19.2 Å². The number of anilines is 1. The van der Waals surface area contributed by atoms with Crippen LogP contribution in [0.3, 0.4) is 0 Å². The molecule has 8 heteroatoms. The number of thiazole rings is 1. The molecule has 0 aliphatic carbocycles. The minimum absolute atomic E-state index is 0.120. The van der Waals surface area contributed by atoms with Gasteiger partial charge in [-0.2, -0.15) is 0 Å². The number of carbonyl (C=O) groups excluding carboxylic acids is 1. The molecule has 1 aliphatic rings. The van der Waals surface area contributed by atoms with Crippen LogP contribution >= 0.6 is 11.3 Å². The SMILES string of the molecule is COc1ccc(OC)c2sc(N(Cc3ccccn3)C(=O)C3c4ccccc4Oc4ccccc43)nc12. The second kappa shape index (κ2) is 9.55. The third kappa shape index (κ3) is 4.05. The number of aromatic nitrogens is 2. The van der Waals surface area contributed by atoms with Crippen molar-refractivity contribution in [1.82, 2.24) is 9.97 Å². The Bertz CT molecular complexity index is 1520. The Hall–Kier alpha value is -4.43. The lowest BCUT2D eigenvalue weighted by Gasteiger charge is -2.31. The van der Waals surface area contributed by atoms with E-state index in [1.165, 1.54) is 11.3 Å². The van der Waals surface area contributed by atoms with Gasteiger partial charge in [0.15, 0.2) is 5.13 Å². The van der Waals surface area contributed by atoms with Crippen LogP contribution < -0.4 is 19.1 Å². The molecule has 5 aromatic rings. The molecular weight excluding hydrogens is 486 g/mol. The Labute approximate surface area is 217 Å². The maximum atomic E-state index is 14.6. The van der Waals surface area contributed by atoms with Crippen molar-refractivity contribution in [2.24, 2.45) is 0 Å². The third-order valence-electron chi connectivity index (χ3n) is 6.37. The first-order chi connectivity index (χ1) is 18.2. The first-order valence-corrected chi connectivity index (χ1v) is 12.6. The number of pyridine rings is 1.